The molecular formula is C24H34N4O. The SMILES string of the molecule is C=C/C=C\C(=C/CC)Cc1cnc2c(c1)N(C(=O)CN1CCN[C@H](C)C1)CC2C. The number of allylic oxidation sites excluding steroid dienone is 5. The molecule has 156 valence electrons. The second kappa shape index (κ2) is 9.99. The summed E-state index contributed by atoms with van der Waals surface area (Å²) in [5.74, 6) is 0.454. The minimum Gasteiger partial charge on any atom is -0.312 e. The number of aromatic nitrogens is 1. The molecule has 1 aromatic rings. The fourth-order valence-electron chi connectivity index (χ4n) is 4.21. The van der Waals surface area contributed by atoms with Gasteiger partial charge in [-0.2, -0.15) is 0 Å². The maximum atomic E-state index is 13.1. The third kappa shape index (κ3) is 5.43. The average molecular weight is 395 g/mol. The summed E-state index contributed by atoms with van der Waals surface area (Å²) in [7, 11) is 0. The number of nitrogens with one attached hydrogen (secondary N) is 1. The molecule has 3 heterocycles. The van der Waals surface area contributed by atoms with Gasteiger partial charge in [0.05, 0.1) is 17.9 Å². The van der Waals surface area contributed by atoms with E-state index in [1.807, 2.05) is 17.2 Å². The molecule has 29 heavy (non-hydrogen) atoms. The molecular weight excluding hydrogens is 360 g/mol. The van der Waals surface area contributed by atoms with Gasteiger partial charge in [0, 0.05) is 44.3 Å². The van der Waals surface area contributed by atoms with E-state index in [1.54, 1.807) is 6.08 Å². The Balaban J connectivity index is 1.76. The maximum absolute atomic E-state index is 13.1. The van der Waals surface area contributed by atoms with Crippen LogP contribution in [0, 0.1) is 0 Å². The van der Waals surface area contributed by atoms with Crippen molar-refractivity contribution in [2.24, 2.45) is 0 Å². The Morgan fingerprint density at radius 1 is 1.38 bits per heavy atom. The lowest BCUT2D eigenvalue weighted by Gasteiger charge is -2.32. The number of hydrogen-bond acceptors (Lipinski definition) is 4. The van der Waals surface area contributed by atoms with E-state index in [0.29, 0.717) is 12.6 Å². The van der Waals surface area contributed by atoms with Gasteiger partial charge in [-0.15, -0.1) is 0 Å². The molecule has 0 aromatic carbocycles. The topological polar surface area (TPSA) is 48.5 Å². The summed E-state index contributed by atoms with van der Waals surface area (Å²) >= 11 is 0. The average Bonchev–Trinajstić information content (AvgIpc) is 3.02. The number of pyridine rings is 1. The number of hydrogen-bond donors (Lipinski definition) is 1. The Kier molecular flexibility index (Phi) is 7.40. The van der Waals surface area contributed by atoms with Crippen LogP contribution in [0.5, 0.6) is 0 Å². The number of piperazine rings is 1. The third-order valence-electron chi connectivity index (χ3n) is 5.60. The van der Waals surface area contributed by atoms with Crippen LogP contribution in [0.1, 0.15) is 44.4 Å². The first-order valence-corrected chi connectivity index (χ1v) is 10.7. The molecule has 1 fully saturated rings. The minimum atomic E-state index is 0.180. The number of carbonyl (C=O) groups is 1. The Bertz CT molecular complexity index is 798. The molecule has 2 atom stereocenters. The molecule has 5 heteroatoms. The summed E-state index contributed by atoms with van der Waals surface area (Å²) in [6, 6.07) is 2.59. The van der Waals surface area contributed by atoms with Crippen LogP contribution in [0.2, 0.25) is 0 Å². The molecule has 0 saturated carbocycles. The molecule has 0 bridgehead atoms. The van der Waals surface area contributed by atoms with E-state index in [2.05, 4.69) is 55.8 Å². The predicted octanol–water partition coefficient (Wildman–Crippen LogP) is 3.45. The van der Waals surface area contributed by atoms with Crippen molar-refractivity contribution in [1.29, 1.82) is 0 Å². The highest BCUT2D eigenvalue weighted by atomic mass is 16.2. The summed E-state index contributed by atoms with van der Waals surface area (Å²) in [5.41, 5.74) is 4.41. The molecule has 0 spiro atoms. The van der Waals surface area contributed by atoms with Gasteiger partial charge in [0.2, 0.25) is 5.91 Å². The van der Waals surface area contributed by atoms with Crippen LogP contribution in [0.3, 0.4) is 0 Å². The fourth-order valence-corrected chi connectivity index (χ4v) is 4.21. The van der Waals surface area contributed by atoms with Crippen LogP contribution in [0.25, 0.3) is 0 Å². The summed E-state index contributed by atoms with van der Waals surface area (Å²) in [6.07, 6.45) is 11.8. The van der Waals surface area contributed by atoms with Gasteiger partial charge in [-0.25, -0.2) is 0 Å². The zero-order valence-corrected chi connectivity index (χ0v) is 18.0. The van der Waals surface area contributed by atoms with E-state index in [1.165, 1.54) is 5.57 Å². The van der Waals surface area contributed by atoms with Gasteiger partial charge in [0.25, 0.3) is 0 Å². The molecule has 1 unspecified atom stereocenters. The van der Waals surface area contributed by atoms with Gasteiger partial charge in [0.1, 0.15) is 0 Å². The molecule has 2 aliphatic rings. The Morgan fingerprint density at radius 2 is 2.21 bits per heavy atom. The summed E-state index contributed by atoms with van der Waals surface area (Å²) in [4.78, 5) is 22.1. The number of carbonyl (C=O) groups excluding carboxylic acids is 1. The van der Waals surface area contributed by atoms with E-state index in [0.717, 1.165) is 56.0 Å². The van der Waals surface area contributed by atoms with Gasteiger partial charge in [-0.3, -0.25) is 14.7 Å². The van der Waals surface area contributed by atoms with Gasteiger partial charge in [0.15, 0.2) is 0 Å². The number of rotatable bonds is 7. The highest BCUT2D eigenvalue weighted by Gasteiger charge is 2.32. The Morgan fingerprint density at radius 3 is 2.93 bits per heavy atom. The van der Waals surface area contributed by atoms with E-state index < -0.39 is 0 Å². The number of nitrogens with zero attached hydrogens (tertiary/aromatic N) is 3. The fraction of sp³-hybridized carbons (Fsp3) is 0.500. The summed E-state index contributed by atoms with van der Waals surface area (Å²) in [6.45, 7) is 14.2. The lowest BCUT2D eigenvalue weighted by atomic mass is 10.0. The summed E-state index contributed by atoms with van der Waals surface area (Å²) < 4.78 is 0. The first-order valence-electron chi connectivity index (χ1n) is 10.7. The van der Waals surface area contributed by atoms with Crippen LogP contribution in [-0.2, 0) is 11.2 Å². The molecule has 0 aliphatic carbocycles. The second-order valence-corrected chi connectivity index (χ2v) is 8.20. The number of fused-ring (bicyclic) bond motifs is 1. The maximum Gasteiger partial charge on any atom is 0.241 e. The molecule has 3 rings (SSSR count). The highest BCUT2D eigenvalue weighted by Crippen LogP contribution is 2.35. The predicted molar refractivity (Wildman–Crippen MR) is 120 cm³/mol. The van der Waals surface area contributed by atoms with Crippen molar-refractivity contribution in [2.75, 3.05) is 37.6 Å². The molecule has 1 aromatic heterocycles. The van der Waals surface area contributed by atoms with Crippen molar-refractivity contribution in [3.05, 3.63) is 60.0 Å². The van der Waals surface area contributed by atoms with E-state index >= 15 is 0 Å². The zero-order valence-electron chi connectivity index (χ0n) is 18.0. The van der Waals surface area contributed by atoms with Crippen LogP contribution >= 0.6 is 0 Å². The minimum absolute atomic E-state index is 0.180. The first kappa shape index (κ1) is 21.5. The highest BCUT2D eigenvalue weighted by molar-refractivity contribution is 5.97. The van der Waals surface area contributed by atoms with Gasteiger partial charge >= 0.3 is 0 Å². The number of amides is 1. The van der Waals surface area contributed by atoms with E-state index in [9.17, 15) is 4.79 Å². The van der Waals surface area contributed by atoms with Gasteiger partial charge < -0.3 is 10.2 Å². The number of anilines is 1. The van der Waals surface area contributed by atoms with Crippen molar-refractivity contribution in [2.45, 2.75) is 45.6 Å². The van der Waals surface area contributed by atoms with Crippen molar-refractivity contribution in [1.82, 2.24) is 15.2 Å². The van der Waals surface area contributed by atoms with Gasteiger partial charge in [-0.1, -0.05) is 44.7 Å². The van der Waals surface area contributed by atoms with Crippen LogP contribution < -0.4 is 10.2 Å². The molecule has 2 aliphatic heterocycles. The van der Waals surface area contributed by atoms with Crippen molar-refractivity contribution in [3.8, 4) is 0 Å². The monoisotopic (exact) mass is 394 g/mol. The Labute approximate surface area is 175 Å². The van der Waals surface area contributed by atoms with Crippen LogP contribution in [0.15, 0.2) is 48.7 Å². The zero-order chi connectivity index (χ0) is 20.8. The third-order valence-corrected chi connectivity index (χ3v) is 5.60. The second-order valence-electron chi connectivity index (χ2n) is 8.20. The van der Waals surface area contributed by atoms with E-state index in [4.69, 9.17) is 4.98 Å². The van der Waals surface area contributed by atoms with Crippen LogP contribution in [-0.4, -0.2) is 54.6 Å². The lowest BCUT2D eigenvalue weighted by Crippen LogP contribution is -2.52. The Hall–Kier alpha value is -2.24. The van der Waals surface area contributed by atoms with Gasteiger partial charge in [-0.05, 0) is 37.0 Å². The van der Waals surface area contributed by atoms with Crippen LogP contribution in [0.4, 0.5) is 5.69 Å². The van der Waals surface area contributed by atoms with Crippen molar-refractivity contribution < 1.29 is 4.79 Å². The quantitative estimate of drug-likeness (QED) is 0.720. The molecule has 5 nitrogen and oxygen atoms in total. The molecule has 0 radical (unpaired) electrons. The molecule has 1 N–H and O–H groups in total. The summed E-state index contributed by atoms with van der Waals surface area (Å²) in [5, 5.41) is 3.43. The smallest absolute Gasteiger partial charge is 0.241 e. The molecule has 1 amide bonds. The standard InChI is InChI=1S/C24H34N4O/c1-5-7-9-20(8-6-2)12-21-13-22-24(26-14-21)18(3)15-28(22)23(29)17-27-11-10-25-19(4)16-27/h5,7-9,13-14,18-19,25H,1,6,10-12,15-17H2,2-4H3/b9-7-,20-8+/t18?,19-/m1/s1. The lowest BCUT2D eigenvalue weighted by molar-refractivity contribution is -0.119. The van der Waals surface area contributed by atoms with Crippen molar-refractivity contribution in [3.63, 3.8) is 0 Å². The normalized spacial score (nSPS) is 22.9. The molecule has 1 saturated heterocycles. The largest absolute Gasteiger partial charge is 0.312 e. The van der Waals surface area contributed by atoms with E-state index in [-0.39, 0.29) is 11.8 Å². The first-order chi connectivity index (χ1) is 14.0. The van der Waals surface area contributed by atoms with Crippen molar-refractivity contribution >= 4 is 11.6 Å².